The molecule has 0 radical (unpaired) electrons. The summed E-state index contributed by atoms with van der Waals surface area (Å²) in [4.78, 5) is 0. The van der Waals surface area contributed by atoms with Gasteiger partial charge in [0.25, 0.3) is 0 Å². The van der Waals surface area contributed by atoms with E-state index in [0.717, 1.165) is 12.2 Å². The predicted molar refractivity (Wildman–Crippen MR) is 56.1 cm³/mol. The fourth-order valence-electron chi connectivity index (χ4n) is 1.97. The number of benzene rings is 1. The van der Waals surface area contributed by atoms with Gasteiger partial charge in [0.05, 0.1) is 11.9 Å². The molecule has 2 aromatic rings. The monoisotopic (exact) mass is 185 g/mol. The highest BCUT2D eigenvalue weighted by molar-refractivity contribution is 5.82. The molecule has 0 saturated carbocycles. The van der Waals surface area contributed by atoms with Gasteiger partial charge in [-0.05, 0) is 12.5 Å². The van der Waals surface area contributed by atoms with Crippen LogP contribution in [-0.2, 0) is 6.54 Å². The van der Waals surface area contributed by atoms with Crippen LogP contribution in [0.1, 0.15) is 11.1 Å². The minimum absolute atomic E-state index is 0.865. The summed E-state index contributed by atoms with van der Waals surface area (Å²) in [6, 6.07) is 6.31. The number of H-pyrrole nitrogens is 1. The molecule has 1 aromatic carbocycles. The number of aryl methyl sites for hydroxylation is 1. The minimum Gasteiger partial charge on any atom is -0.380 e. The number of aromatic nitrogens is 2. The zero-order valence-electron chi connectivity index (χ0n) is 7.96. The molecule has 0 amide bonds. The van der Waals surface area contributed by atoms with Crippen LogP contribution in [-0.4, -0.2) is 10.2 Å². The first-order chi connectivity index (χ1) is 6.86. The number of aromatic amines is 1. The molecule has 70 valence electrons. The first kappa shape index (κ1) is 7.62. The number of para-hydroxylation sites is 1. The van der Waals surface area contributed by atoms with Crippen LogP contribution in [0.3, 0.4) is 0 Å². The highest BCUT2D eigenvalue weighted by atomic mass is 15.1. The summed E-state index contributed by atoms with van der Waals surface area (Å²) < 4.78 is 0. The first-order valence-corrected chi connectivity index (χ1v) is 4.72. The molecule has 3 rings (SSSR count). The molecule has 0 fully saturated rings. The number of nitrogens with one attached hydrogen (secondary N) is 2. The second-order valence-corrected chi connectivity index (χ2v) is 3.62. The SMILES string of the molecule is Cc1cccc2c1NCc1cn[nH]c1-2. The molecule has 1 aliphatic rings. The van der Waals surface area contributed by atoms with E-state index in [1.807, 2.05) is 6.20 Å². The lowest BCUT2D eigenvalue weighted by molar-refractivity contribution is 1.09. The molecular formula is C11H11N3. The van der Waals surface area contributed by atoms with Crippen LogP contribution in [0.25, 0.3) is 11.3 Å². The molecule has 0 unspecified atom stereocenters. The fraction of sp³-hybridized carbons (Fsp3) is 0.182. The van der Waals surface area contributed by atoms with Gasteiger partial charge in [-0.1, -0.05) is 18.2 Å². The van der Waals surface area contributed by atoms with E-state index in [2.05, 4.69) is 40.6 Å². The van der Waals surface area contributed by atoms with Crippen molar-refractivity contribution >= 4 is 5.69 Å². The Labute approximate surface area is 82.2 Å². The second kappa shape index (κ2) is 2.61. The van der Waals surface area contributed by atoms with Crippen molar-refractivity contribution in [2.75, 3.05) is 5.32 Å². The van der Waals surface area contributed by atoms with E-state index in [9.17, 15) is 0 Å². The van der Waals surface area contributed by atoms with E-state index in [-0.39, 0.29) is 0 Å². The van der Waals surface area contributed by atoms with Crippen LogP contribution in [0.5, 0.6) is 0 Å². The van der Waals surface area contributed by atoms with Gasteiger partial charge >= 0.3 is 0 Å². The molecule has 0 atom stereocenters. The Morgan fingerprint density at radius 2 is 2.29 bits per heavy atom. The van der Waals surface area contributed by atoms with E-state index < -0.39 is 0 Å². The van der Waals surface area contributed by atoms with Gasteiger partial charge in [-0.2, -0.15) is 5.10 Å². The van der Waals surface area contributed by atoms with Gasteiger partial charge in [0, 0.05) is 23.4 Å². The largest absolute Gasteiger partial charge is 0.380 e. The van der Waals surface area contributed by atoms with Crippen LogP contribution in [0.15, 0.2) is 24.4 Å². The molecule has 2 N–H and O–H groups in total. The maximum Gasteiger partial charge on any atom is 0.0720 e. The lowest BCUT2D eigenvalue weighted by atomic mass is 9.99. The van der Waals surface area contributed by atoms with Crippen LogP contribution in [0.2, 0.25) is 0 Å². The van der Waals surface area contributed by atoms with Crippen molar-refractivity contribution < 1.29 is 0 Å². The summed E-state index contributed by atoms with van der Waals surface area (Å²) in [6.45, 7) is 2.98. The van der Waals surface area contributed by atoms with Gasteiger partial charge in [-0.15, -0.1) is 0 Å². The van der Waals surface area contributed by atoms with E-state index in [1.54, 1.807) is 0 Å². The van der Waals surface area contributed by atoms with Gasteiger partial charge < -0.3 is 5.32 Å². The summed E-state index contributed by atoms with van der Waals surface area (Å²) in [7, 11) is 0. The maximum absolute atomic E-state index is 4.07. The number of hydrogen-bond donors (Lipinski definition) is 2. The van der Waals surface area contributed by atoms with Gasteiger partial charge in [-0.25, -0.2) is 0 Å². The lowest BCUT2D eigenvalue weighted by Gasteiger charge is -2.19. The van der Waals surface area contributed by atoms with E-state index in [1.165, 1.54) is 22.4 Å². The zero-order chi connectivity index (χ0) is 9.54. The van der Waals surface area contributed by atoms with Crippen molar-refractivity contribution in [1.82, 2.24) is 10.2 Å². The summed E-state index contributed by atoms with van der Waals surface area (Å²) in [5.41, 5.74) is 6.13. The summed E-state index contributed by atoms with van der Waals surface area (Å²) in [5, 5.41) is 10.5. The Bertz CT molecular complexity index is 485. The lowest BCUT2D eigenvalue weighted by Crippen LogP contribution is -2.08. The normalized spacial score (nSPS) is 12.9. The predicted octanol–water partition coefficient (Wildman–Crippen LogP) is 2.31. The number of fused-ring (bicyclic) bond motifs is 3. The average Bonchev–Trinajstić information content (AvgIpc) is 2.66. The van der Waals surface area contributed by atoms with Crippen molar-refractivity contribution in [1.29, 1.82) is 0 Å². The first-order valence-electron chi connectivity index (χ1n) is 4.72. The molecule has 0 aliphatic carbocycles. The molecular weight excluding hydrogens is 174 g/mol. The van der Waals surface area contributed by atoms with E-state index in [4.69, 9.17) is 0 Å². The van der Waals surface area contributed by atoms with Crippen LogP contribution >= 0.6 is 0 Å². The van der Waals surface area contributed by atoms with Crippen molar-refractivity contribution in [3.63, 3.8) is 0 Å². The van der Waals surface area contributed by atoms with Gasteiger partial charge in [0.15, 0.2) is 0 Å². The molecule has 3 heteroatoms. The number of hydrogen-bond acceptors (Lipinski definition) is 2. The summed E-state index contributed by atoms with van der Waals surface area (Å²) >= 11 is 0. The Morgan fingerprint density at radius 1 is 1.36 bits per heavy atom. The van der Waals surface area contributed by atoms with Crippen molar-refractivity contribution in [2.45, 2.75) is 13.5 Å². The third-order valence-corrected chi connectivity index (χ3v) is 2.72. The summed E-state index contributed by atoms with van der Waals surface area (Å²) in [6.07, 6.45) is 1.88. The van der Waals surface area contributed by atoms with Gasteiger partial charge in [-0.3, -0.25) is 5.10 Å². The minimum atomic E-state index is 0.865. The second-order valence-electron chi connectivity index (χ2n) is 3.62. The third-order valence-electron chi connectivity index (χ3n) is 2.72. The smallest absolute Gasteiger partial charge is 0.0720 e. The molecule has 1 aromatic heterocycles. The third kappa shape index (κ3) is 0.894. The highest BCUT2D eigenvalue weighted by Gasteiger charge is 2.17. The Balaban J connectivity index is 2.31. The molecule has 3 nitrogen and oxygen atoms in total. The number of anilines is 1. The molecule has 0 bridgehead atoms. The topological polar surface area (TPSA) is 40.7 Å². The van der Waals surface area contributed by atoms with Gasteiger partial charge in [0.2, 0.25) is 0 Å². The Kier molecular flexibility index (Phi) is 1.42. The van der Waals surface area contributed by atoms with Crippen LogP contribution < -0.4 is 5.32 Å². The van der Waals surface area contributed by atoms with E-state index in [0.29, 0.717) is 0 Å². The quantitative estimate of drug-likeness (QED) is 0.661. The Morgan fingerprint density at radius 3 is 3.21 bits per heavy atom. The van der Waals surface area contributed by atoms with Crippen molar-refractivity contribution in [3.8, 4) is 11.3 Å². The molecule has 2 heterocycles. The molecule has 14 heavy (non-hydrogen) atoms. The average molecular weight is 185 g/mol. The number of rotatable bonds is 0. The molecule has 0 spiro atoms. The summed E-state index contributed by atoms with van der Waals surface area (Å²) in [5.74, 6) is 0. The molecule has 1 aliphatic heterocycles. The van der Waals surface area contributed by atoms with Crippen molar-refractivity contribution in [3.05, 3.63) is 35.5 Å². The Hall–Kier alpha value is -1.77. The van der Waals surface area contributed by atoms with E-state index >= 15 is 0 Å². The van der Waals surface area contributed by atoms with Crippen LogP contribution in [0.4, 0.5) is 5.69 Å². The van der Waals surface area contributed by atoms with Gasteiger partial charge in [0.1, 0.15) is 0 Å². The number of nitrogens with zero attached hydrogens (tertiary/aromatic N) is 1. The standard InChI is InChI=1S/C11H11N3/c1-7-3-2-4-9-10(7)12-5-8-6-13-14-11(8)9/h2-4,6,12H,5H2,1H3,(H,13,14). The highest BCUT2D eigenvalue weighted by Crippen LogP contribution is 2.35. The molecule has 0 saturated heterocycles. The zero-order valence-corrected chi connectivity index (χ0v) is 7.96. The fourth-order valence-corrected chi connectivity index (χ4v) is 1.97. The maximum atomic E-state index is 4.07. The van der Waals surface area contributed by atoms with Crippen LogP contribution in [0, 0.1) is 6.92 Å². The van der Waals surface area contributed by atoms with Crippen molar-refractivity contribution in [2.24, 2.45) is 0 Å².